The molecule has 1 N–H and O–H groups in total. The van der Waals surface area contributed by atoms with Gasteiger partial charge in [-0.05, 0) is 6.07 Å². The predicted octanol–water partition coefficient (Wildman–Crippen LogP) is 3.07. The van der Waals surface area contributed by atoms with Crippen LogP contribution in [0, 0.1) is 0 Å². The van der Waals surface area contributed by atoms with Gasteiger partial charge in [0.15, 0.2) is 0 Å². The van der Waals surface area contributed by atoms with Gasteiger partial charge in [0.05, 0.1) is 12.2 Å². The molecule has 0 fully saturated rings. The summed E-state index contributed by atoms with van der Waals surface area (Å²) >= 11 is 0. The van der Waals surface area contributed by atoms with Crippen LogP contribution in [-0.4, -0.2) is 25.8 Å². The van der Waals surface area contributed by atoms with Crippen LogP contribution >= 0.6 is 0 Å². The van der Waals surface area contributed by atoms with Gasteiger partial charge in [0.25, 0.3) is 5.91 Å². The van der Waals surface area contributed by atoms with Gasteiger partial charge in [0, 0.05) is 18.2 Å². The maximum Gasteiger partial charge on any atom is 0.269 e. The Bertz CT molecular complexity index is 1050. The molecule has 0 saturated heterocycles. The number of nitrogens with one attached hydrogen (secondary N) is 1. The second kappa shape index (κ2) is 7.25. The highest BCUT2D eigenvalue weighted by atomic mass is 16.5. The fraction of sp³-hybridized carbons (Fsp3) is 0.100. The molecule has 2 aromatic carbocycles. The Morgan fingerprint density at radius 2 is 1.70 bits per heavy atom. The number of hydrogen-bond donors (Lipinski definition) is 1. The summed E-state index contributed by atoms with van der Waals surface area (Å²) in [4.78, 5) is 16.8. The van der Waals surface area contributed by atoms with E-state index in [1.54, 1.807) is 17.8 Å². The Hall–Kier alpha value is -3.74. The van der Waals surface area contributed by atoms with Gasteiger partial charge in [0.2, 0.25) is 11.7 Å². The first-order valence-corrected chi connectivity index (χ1v) is 8.46. The van der Waals surface area contributed by atoms with Crippen LogP contribution in [-0.2, 0) is 13.6 Å². The minimum absolute atomic E-state index is 0.143. The smallest absolute Gasteiger partial charge is 0.269 e. The van der Waals surface area contributed by atoms with Crippen molar-refractivity contribution in [2.75, 3.05) is 0 Å². The van der Waals surface area contributed by atoms with Crippen molar-refractivity contribution in [3.05, 3.63) is 78.3 Å². The zero-order valence-electron chi connectivity index (χ0n) is 14.7. The van der Waals surface area contributed by atoms with Gasteiger partial charge in [-0.2, -0.15) is 10.1 Å². The van der Waals surface area contributed by atoms with Gasteiger partial charge in [-0.1, -0.05) is 65.8 Å². The van der Waals surface area contributed by atoms with E-state index in [1.807, 2.05) is 60.7 Å². The average Bonchev–Trinajstić information content (AvgIpc) is 3.34. The third-order valence-electron chi connectivity index (χ3n) is 4.08. The Kier molecular flexibility index (Phi) is 4.49. The van der Waals surface area contributed by atoms with Crippen LogP contribution in [0.25, 0.3) is 22.6 Å². The minimum atomic E-state index is -0.258. The van der Waals surface area contributed by atoms with Gasteiger partial charge >= 0.3 is 0 Å². The fourth-order valence-electron chi connectivity index (χ4n) is 2.71. The molecule has 0 aliphatic carbocycles. The number of nitrogens with zero attached hydrogens (tertiary/aromatic N) is 4. The molecule has 27 heavy (non-hydrogen) atoms. The molecule has 2 aromatic heterocycles. The average molecular weight is 359 g/mol. The lowest BCUT2D eigenvalue weighted by Crippen LogP contribution is -2.25. The molecule has 7 heteroatoms. The molecule has 0 aliphatic heterocycles. The molecule has 0 aliphatic rings. The van der Waals surface area contributed by atoms with Crippen LogP contribution in [0.3, 0.4) is 0 Å². The van der Waals surface area contributed by atoms with E-state index in [4.69, 9.17) is 4.52 Å². The van der Waals surface area contributed by atoms with Crippen molar-refractivity contribution in [2.24, 2.45) is 7.05 Å². The van der Waals surface area contributed by atoms with Crippen molar-refractivity contribution < 1.29 is 9.32 Å². The lowest BCUT2D eigenvalue weighted by molar-refractivity contribution is 0.0937. The van der Waals surface area contributed by atoms with E-state index in [0.717, 1.165) is 16.8 Å². The highest BCUT2D eigenvalue weighted by Gasteiger charge is 2.15. The Labute approximate surface area is 155 Å². The number of carbonyl (C=O) groups excluding carboxylic acids is 1. The number of aromatic nitrogens is 4. The predicted molar refractivity (Wildman–Crippen MR) is 99.5 cm³/mol. The van der Waals surface area contributed by atoms with E-state index in [0.29, 0.717) is 17.4 Å². The molecule has 0 spiro atoms. The molecule has 4 aromatic rings. The summed E-state index contributed by atoms with van der Waals surface area (Å²) in [6.45, 7) is 0.143. The molecule has 4 rings (SSSR count). The van der Waals surface area contributed by atoms with E-state index in [9.17, 15) is 4.79 Å². The van der Waals surface area contributed by atoms with Crippen molar-refractivity contribution in [2.45, 2.75) is 6.54 Å². The van der Waals surface area contributed by atoms with Crippen molar-refractivity contribution in [1.82, 2.24) is 25.2 Å². The van der Waals surface area contributed by atoms with E-state index >= 15 is 0 Å². The number of benzene rings is 2. The summed E-state index contributed by atoms with van der Waals surface area (Å²) in [5.74, 6) is 0.575. The molecule has 0 bridgehead atoms. The summed E-state index contributed by atoms with van der Waals surface area (Å²) in [6.07, 6.45) is 0. The van der Waals surface area contributed by atoms with Crippen LogP contribution in [0.15, 0.2) is 71.3 Å². The van der Waals surface area contributed by atoms with Crippen LogP contribution in [0.1, 0.15) is 16.4 Å². The first-order chi connectivity index (χ1) is 13.2. The normalized spacial score (nSPS) is 10.7. The summed E-state index contributed by atoms with van der Waals surface area (Å²) in [6, 6.07) is 21.0. The highest BCUT2D eigenvalue weighted by Crippen LogP contribution is 2.18. The van der Waals surface area contributed by atoms with Crippen LogP contribution in [0.2, 0.25) is 0 Å². The maximum absolute atomic E-state index is 12.5. The molecule has 0 atom stereocenters. The molecule has 7 nitrogen and oxygen atoms in total. The highest BCUT2D eigenvalue weighted by molar-refractivity contribution is 5.93. The molecule has 0 radical (unpaired) electrons. The summed E-state index contributed by atoms with van der Waals surface area (Å²) < 4.78 is 6.77. The number of aryl methyl sites for hydroxylation is 1. The standard InChI is InChI=1S/C20H17N5O2/c1-25-17(12-16(23-25)14-8-4-2-5-9-14)20(26)21-13-18-22-19(24-27-18)15-10-6-3-7-11-15/h2-12H,13H2,1H3,(H,21,26). The zero-order valence-corrected chi connectivity index (χ0v) is 14.7. The van der Waals surface area contributed by atoms with Crippen molar-refractivity contribution >= 4 is 5.91 Å². The van der Waals surface area contributed by atoms with Crippen LogP contribution < -0.4 is 5.32 Å². The number of hydrogen-bond acceptors (Lipinski definition) is 5. The van der Waals surface area contributed by atoms with Gasteiger partial charge in [-0.15, -0.1) is 0 Å². The van der Waals surface area contributed by atoms with Crippen molar-refractivity contribution in [3.8, 4) is 22.6 Å². The van der Waals surface area contributed by atoms with Crippen LogP contribution in [0.4, 0.5) is 0 Å². The first-order valence-electron chi connectivity index (χ1n) is 8.46. The monoisotopic (exact) mass is 359 g/mol. The second-order valence-electron chi connectivity index (χ2n) is 5.96. The van der Waals surface area contributed by atoms with Crippen LogP contribution in [0.5, 0.6) is 0 Å². The SMILES string of the molecule is Cn1nc(-c2ccccc2)cc1C(=O)NCc1nc(-c2ccccc2)no1. The Morgan fingerprint density at radius 1 is 1.04 bits per heavy atom. The fourth-order valence-corrected chi connectivity index (χ4v) is 2.71. The lowest BCUT2D eigenvalue weighted by Gasteiger charge is -2.01. The first kappa shape index (κ1) is 16.7. The lowest BCUT2D eigenvalue weighted by atomic mass is 10.1. The quantitative estimate of drug-likeness (QED) is 0.592. The van der Waals surface area contributed by atoms with Crippen molar-refractivity contribution in [1.29, 1.82) is 0 Å². The number of amides is 1. The summed E-state index contributed by atoms with van der Waals surface area (Å²) in [5.41, 5.74) is 3.01. The molecule has 134 valence electrons. The van der Waals surface area contributed by atoms with Gasteiger partial charge < -0.3 is 9.84 Å². The Balaban J connectivity index is 1.45. The van der Waals surface area contributed by atoms with Gasteiger partial charge in [-0.3, -0.25) is 9.48 Å². The molecule has 0 unspecified atom stereocenters. The van der Waals surface area contributed by atoms with Gasteiger partial charge in [-0.25, -0.2) is 0 Å². The van der Waals surface area contributed by atoms with Crippen molar-refractivity contribution in [3.63, 3.8) is 0 Å². The third-order valence-corrected chi connectivity index (χ3v) is 4.08. The van der Waals surface area contributed by atoms with E-state index in [-0.39, 0.29) is 12.5 Å². The van der Waals surface area contributed by atoms with E-state index in [2.05, 4.69) is 20.6 Å². The molecular formula is C20H17N5O2. The topological polar surface area (TPSA) is 85.8 Å². The zero-order chi connectivity index (χ0) is 18.6. The summed E-state index contributed by atoms with van der Waals surface area (Å²) in [7, 11) is 1.74. The largest absolute Gasteiger partial charge is 0.342 e. The third kappa shape index (κ3) is 3.62. The second-order valence-corrected chi connectivity index (χ2v) is 5.96. The molecular weight excluding hydrogens is 342 g/mol. The number of carbonyl (C=O) groups is 1. The number of rotatable bonds is 5. The van der Waals surface area contributed by atoms with E-state index < -0.39 is 0 Å². The molecule has 2 heterocycles. The Morgan fingerprint density at radius 3 is 2.41 bits per heavy atom. The molecule has 1 amide bonds. The minimum Gasteiger partial charge on any atom is -0.342 e. The van der Waals surface area contributed by atoms with Gasteiger partial charge in [0.1, 0.15) is 5.69 Å². The molecule has 0 saturated carbocycles. The maximum atomic E-state index is 12.5. The summed E-state index contributed by atoms with van der Waals surface area (Å²) in [5, 5.41) is 11.1. The van der Waals surface area contributed by atoms with E-state index in [1.165, 1.54) is 0 Å².